The van der Waals surface area contributed by atoms with Gasteiger partial charge in [0.15, 0.2) is 5.13 Å². The fourth-order valence-corrected chi connectivity index (χ4v) is 3.84. The van der Waals surface area contributed by atoms with Crippen molar-refractivity contribution in [3.05, 3.63) is 90.3 Å². The van der Waals surface area contributed by atoms with E-state index >= 15 is 0 Å². The number of ether oxygens (including phenoxy) is 1. The first-order valence-corrected chi connectivity index (χ1v) is 11.3. The van der Waals surface area contributed by atoms with Gasteiger partial charge in [-0.2, -0.15) is 0 Å². The number of hydrogen-bond donors (Lipinski definition) is 2. The molecule has 10 heteroatoms. The number of benzene rings is 2. The van der Waals surface area contributed by atoms with Gasteiger partial charge in [0, 0.05) is 11.8 Å². The van der Waals surface area contributed by atoms with E-state index in [9.17, 15) is 18.4 Å². The SMILES string of the molecule is CC(C)(NC(=O)c1ccccn1)C(=O)Nc1nc(-c2ccc(F)cc2)c(Oc2ccc(F)cc2)s1. The van der Waals surface area contributed by atoms with Crippen molar-refractivity contribution in [1.29, 1.82) is 0 Å². The van der Waals surface area contributed by atoms with Crippen LogP contribution in [0.5, 0.6) is 10.8 Å². The summed E-state index contributed by atoms with van der Waals surface area (Å²) in [6.45, 7) is 3.10. The number of hydrogen-bond acceptors (Lipinski definition) is 6. The number of pyridine rings is 1. The van der Waals surface area contributed by atoms with Gasteiger partial charge in [-0.25, -0.2) is 13.8 Å². The van der Waals surface area contributed by atoms with Crippen molar-refractivity contribution >= 4 is 28.3 Å². The minimum Gasteiger partial charge on any atom is -0.444 e. The number of amides is 2. The maximum atomic E-state index is 13.4. The Balaban J connectivity index is 1.57. The lowest BCUT2D eigenvalue weighted by atomic mass is 10.0. The Morgan fingerprint density at radius 2 is 1.60 bits per heavy atom. The fraction of sp³-hybridized carbons (Fsp3) is 0.120. The standard InChI is InChI=1S/C25H20F2N4O3S/c1-25(2,31-21(32)19-5-3-4-14-28-19)23(33)30-24-29-20(15-6-8-16(26)9-7-15)22(35-24)34-18-12-10-17(27)11-13-18/h3-14H,1-2H3,(H,31,32)(H,29,30,33). The van der Waals surface area contributed by atoms with Crippen molar-refractivity contribution in [2.45, 2.75) is 19.4 Å². The molecule has 0 radical (unpaired) electrons. The van der Waals surface area contributed by atoms with Gasteiger partial charge in [0.2, 0.25) is 5.06 Å². The number of halogens is 2. The molecule has 2 heterocycles. The zero-order chi connectivity index (χ0) is 25.0. The van der Waals surface area contributed by atoms with Gasteiger partial charge in [-0.15, -0.1) is 0 Å². The van der Waals surface area contributed by atoms with Crippen LogP contribution in [0, 0.1) is 11.6 Å². The maximum Gasteiger partial charge on any atom is 0.270 e. The summed E-state index contributed by atoms with van der Waals surface area (Å²) in [6, 6.07) is 15.9. The predicted octanol–water partition coefficient (Wildman–Crippen LogP) is 5.42. The van der Waals surface area contributed by atoms with Gasteiger partial charge in [-0.3, -0.25) is 19.9 Å². The zero-order valence-corrected chi connectivity index (χ0v) is 19.5. The third-order valence-corrected chi connectivity index (χ3v) is 5.70. The molecule has 0 fully saturated rings. The molecule has 0 aliphatic heterocycles. The molecule has 2 N–H and O–H groups in total. The Kier molecular flexibility index (Phi) is 6.83. The summed E-state index contributed by atoms with van der Waals surface area (Å²) in [5.74, 6) is -1.49. The smallest absolute Gasteiger partial charge is 0.270 e. The normalized spacial score (nSPS) is 11.1. The summed E-state index contributed by atoms with van der Waals surface area (Å²) in [5, 5.41) is 5.86. The number of aromatic nitrogens is 2. The number of nitrogens with zero attached hydrogens (tertiary/aromatic N) is 2. The first-order valence-electron chi connectivity index (χ1n) is 10.5. The number of rotatable bonds is 7. The molecule has 7 nitrogen and oxygen atoms in total. The highest BCUT2D eigenvalue weighted by molar-refractivity contribution is 7.18. The lowest BCUT2D eigenvalue weighted by molar-refractivity contribution is -0.120. The Morgan fingerprint density at radius 1 is 0.943 bits per heavy atom. The molecule has 0 saturated heterocycles. The van der Waals surface area contributed by atoms with Crippen LogP contribution >= 0.6 is 11.3 Å². The van der Waals surface area contributed by atoms with Gasteiger partial charge in [-0.05, 0) is 74.5 Å². The fourth-order valence-electron chi connectivity index (χ4n) is 2.98. The van der Waals surface area contributed by atoms with E-state index in [-0.39, 0.29) is 10.8 Å². The van der Waals surface area contributed by atoms with E-state index in [0.29, 0.717) is 22.1 Å². The predicted molar refractivity (Wildman–Crippen MR) is 128 cm³/mol. The van der Waals surface area contributed by atoms with E-state index in [2.05, 4.69) is 20.6 Å². The summed E-state index contributed by atoms with van der Waals surface area (Å²) in [6.07, 6.45) is 1.48. The number of carbonyl (C=O) groups is 2. The van der Waals surface area contributed by atoms with E-state index in [0.717, 1.165) is 11.3 Å². The van der Waals surface area contributed by atoms with Crippen molar-refractivity contribution < 1.29 is 23.1 Å². The minimum atomic E-state index is -1.30. The average Bonchev–Trinajstić information content (AvgIpc) is 3.23. The molecule has 4 rings (SSSR count). The second kappa shape index (κ2) is 9.98. The summed E-state index contributed by atoms with van der Waals surface area (Å²) in [7, 11) is 0. The van der Waals surface area contributed by atoms with E-state index in [1.807, 2.05) is 0 Å². The summed E-state index contributed by atoms with van der Waals surface area (Å²) < 4.78 is 32.6. The molecule has 4 aromatic rings. The summed E-state index contributed by atoms with van der Waals surface area (Å²) >= 11 is 1.04. The van der Waals surface area contributed by atoms with E-state index in [1.165, 1.54) is 60.8 Å². The molecular weight excluding hydrogens is 474 g/mol. The monoisotopic (exact) mass is 494 g/mol. The third kappa shape index (κ3) is 5.85. The maximum absolute atomic E-state index is 13.4. The van der Waals surface area contributed by atoms with Crippen LogP contribution in [0.2, 0.25) is 0 Å². The minimum absolute atomic E-state index is 0.177. The first kappa shape index (κ1) is 24.0. The third-order valence-electron chi connectivity index (χ3n) is 4.85. The molecule has 0 atom stereocenters. The van der Waals surface area contributed by atoms with Crippen LogP contribution in [0.1, 0.15) is 24.3 Å². The zero-order valence-electron chi connectivity index (χ0n) is 18.7. The van der Waals surface area contributed by atoms with Crippen molar-refractivity contribution in [2.75, 3.05) is 5.32 Å². The molecule has 2 aromatic carbocycles. The second-order valence-electron chi connectivity index (χ2n) is 7.97. The topological polar surface area (TPSA) is 93.2 Å². The molecular formula is C25H20F2N4O3S. The lowest BCUT2D eigenvalue weighted by Gasteiger charge is -2.24. The molecule has 0 aliphatic rings. The van der Waals surface area contributed by atoms with Crippen LogP contribution in [0.15, 0.2) is 72.9 Å². The number of nitrogens with one attached hydrogen (secondary N) is 2. The second-order valence-corrected chi connectivity index (χ2v) is 8.93. The molecule has 35 heavy (non-hydrogen) atoms. The number of carbonyl (C=O) groups excluding carboxylic acids is 2. The van der Waals surface area contributed by atoms with Crippen LogP contribution in [-0.4, -0.2) is 27.3 Å². The summed E-state index contributed by atoms with van der Waals surface area (Å²) in [5.41, 5.74) is -0.196. The van der Waals surface area contributed by atoms with Crippen molar-refractivity contribution in [1.82, 2.24) is 15.3 Å². The van der Waals surface area contributed by atoms with Gasteiger partial charge in [0.05, 0.1) is 0 Å². The van der Waals surface area contributed by atoms with Crippen LogP contribution in [0.4, 0.5) is 13.9 Å². The van der Waals surface area contributed by atoms with Crippen LogP contribution in [0.3, 0.4) is 0 Å². The largest absolute Gasteiger partial charge is 0.444 e. The highest BCUT2D eigenvalue weighted by atomic mass is 32.1. The Hall–Kier alpha value is -4.18. The van der Waals surface area contributed by atoms with Gasteiger partial charge in [-0.1, -0.05) is 17.4 Å². The van der Waals surface area contributed by atoms with Crippen LogP contribution in [0.25, 0.3) is 11.3 Å². The highest BCUT2D eigenvalue weighted by Crippen LogP contribution is 2.40. The molecule has 0 aliphatic carbocycles. The molecule has 2 aromatic heterocycles. The Morgan fingerprint density at radius 3 is 2.23 bits per heavy atom. The van der Waals surface area contributed by atoms with Crippen molar-refractivity contribution in [3.8, 4) is 22.1 Å². The Bertz CT molecular complexity index is 1340. The van der Waals surface area contributed by atoms with E-state index in [4.69, 9.17) is 4.74 Å². The Labute approximate surface area is 203 Å². The first-order chi connectivity index (χ1) is 16.7. The molecule has 0 bridgehead atoms. The average molecular weight is 495 g/mol. The van der Waals surface area contributed by atoms with Crippen LogP contribution in [-0.2, 0) is 4.79 Å². The molecule has 2 amide bonds. The van der Waals surface area contributed by atoms with Gasteiger partial charge < -0.3 is 10.1 Å². The molecule has 178 valence electrons. The quantitative estimate of drug-likeness (QED) is 0.358. The van der Waals surface area contributed by atoms with Crippen LogP contribution < -0.4 is 15.4 Å². The van der Waals surface area contributed by atoms with Gasteiger partial charge in [0.1, 0.15) is 34.3 Å². The number of thiazole rings is 1. The lowest BCUT2D eigenvalue weighted by Crippen LogP contribution is -2.52. The highest BCUT2D eigenvalue weighted by Gasteiger charge is 2.31. The summed E-state index contributed by atoms with van der Waals surface area (Å²) in [4.78, 5) is 33.9. The molecule has 0 spiro atoms. The number of anilines is 1. The molecule has 0 saturated carbocycles. The van der Waals surface area contributed by atoms with E-state index < -0.39 is 29.0 Å². The molecule has 0 unspecified atom stereocenters. The van der Waals surface area contributed by atoms with Gasteiger partial charge >= 0.3 is 0 Å². The van der Waals surface area contributed by atoms with Gasteiger partial charge in [0.25, 0.3) is 11.8 Å². The van der Waals surface area contributed by atoms with Crippen molar-refractivity contribution in [2.24, 2.45) is 0 Å². The van der Waals surface area contributed by atoms with Crippen molar-refractivity contribution in [3.63, 3.8) is 0 Å². The van der Waals surface area contributed by atoms with E-state index in [1.54, 1.807) is 26.0 Å².